The Bertz CT molecular complexity index is 864. The van der Waals surface area contributed by atoms with Crippen molar-refractivity contribution in [3.63, 3.8) is 0 Å². The minimum Gasteiger partial charge on any atom is -0.506 e. The van der Waals surface area contributed by atoms with Crippen molar-refractivity contribution in [2.45, 2.75) is 55.7 Å². The minimum absolute atomic E-state index is 0.149. The minimum atomic E-state index is -1.48. The van der Waals surface area contributed by atoms with Gasteiger partial charge in [-0.1, -0.05) is 30.3 Å². The van der Waals surface area contributed by atoms with E-state index in [1.807, 2.05) is 12.1 Å². The summed E-state index contributed by atoms with van der Waals surface area (Å²) in [5.74, 6) is 0.525. The molecule has 1 heterocycles. The van der Waals surface area contributed by atoms with Crippen LogP contribution in [0.4, 0.5) is 5.69 Å². The first-order chi connectivity index (χ1) is 13.9. The summed E-state index contributed by atoms with van der Waals surface area (Å²) in [6, 6.07) is 11.4. The summed E-state index contributed by atoms with van der Waals surface area (Å²) in [7, 11) is 0. The third-order valence-corrected chi connectivity index (χ3v) is 5.91. The highest BCUT2D eigenvalue weighted by Gasteiger charge is 2.44. The summed E-state index contributed by atoms with van der Waals surface area (Å²) in [4.78, 5) is 0. The Morgan fingerprint density at radius 2 is 1.62 bits per heavy atom. The van der Waals surface area contributed by atoms with E-state index < -0.39 is 37.1 Å². The van der Waals surface area contributed by atoms with Crippen LogP contribution in [-0.4, -0.2) is 56.6 Å². The number of ether oxygens (including phenoxy) is 1. The van der Waals surface area contributed by atoms with E-state index in [9.17, 15) is 25.5 Å². The van der Waals surface area contributed by atoms with Gasteiger partial charge in [0.1, 0.15) is 36.3 Å². The number of hydrogen-bond acceptors (Lipinski definition) is 7. The Morgan fingerprint density at radius 1 is 0.931 bits per heavy atom. The second kappa shape index (κ2) is 7.93. The van der Waals surface area contributed by atoms with Crippen LogP contribution in [0.15, 0.2) is 36.4 Å². The predicted octanol–water partition coefficient (Wildman–Crippen LogP) is 0.957. The highest BCUT2D eigenvalue weighted by Crippen LogP contribution is 2.40. The van der Waals surface area contributed by atoms with E-state index >= 15 is 0 Å². The van der Waals surface area contributed by atoms with Crippen LogP contribution >= 0.6 is 0 Å². The maximum absolute atomic E-state index is 10.4. The van der Waals surface area contributed by atoms with Crippen molar-refractivity contribution in [2.75, 3.05) is 12.3 Å². The van der Waals surface area contributed by atoms with E-state index in [1.165, 1.54) is 24.5 Å². The summed E-state index contributed by atoms with van der Waals surface area (Å²) in [6.07, 6.45) is -3.41. The Hall–Kier alpha value is -2.16. The van der Waals surface area contributed by atoms with Crippen molar-refractivity contribution in [1.29, 1.82) is 0 Å². The van der Waals surface area contributed by atoms with Crippen molar-refractivity contribution in [3.8, 4) is 5.75 Å². The van der Waals surface area contributed by atoms with Crippen LogP contribution < -0.4 is 5.73 Å². The van der Waals surface area contributed by atoms with E-state index in [0.29, 0.717) is 23.5 Å². The lowest BCUT2D eigenvalue weighted by Gasteiger charge is -2.40. The molecule has 1 aliphatic carbocycles. The van der Waals surface area contributed by atoms with Gasteiger partial charge in [0.25, 0.3) is 0 Å². The number of anilines is 1. The van der Waals surface area contributed by atoms with Crippen LogP contribution in [-0.2, 0) is 11.2 Å². The molecule has 1 saturated heterocycles. The molecule has 7 heteroatoms. The summed E-state index contributed by atoms with van der Waals surface area (Å²) >= 11 is 0. The van der Waals surface area contributed by atoms with Gasteiger partial charge in [0.2, 0.25) is 0 Å². The highest BCUT2D eigenvalue weighted by molar-refractivity contribution is 5.61. The average molecular weight is 401 g/mol. The van der Waals surface area contributed by atoms with Crippen LogP contribution in [0.3, 0.4) is 0 Å². The van der Waals surface area contributed by atoms with Crippen LogP contribution in [0.25, 0.3) is 0 Å². The molecular weight excluding hydrogens is 374 g/mol. The molecule has 2 aromatic carbocycles. The summed E-state index contributed by atoms with van der Waals surface area (Å²) in [5.41, 5.74) is 9.76. The summed E-state index contributed by atoms with van der Waals surface area (Å²) in [6.45, 7) is -0.511. The smallest absolute Gasteiger partial charge is 0.139 e. The molecular formula is C22H27NO6. The number of aliphatic hydroxyl groups is 4. The summed E-state index contributed by atoms with van der Waals surface area (Å²) < 4.78 is 5.60. The van der Waals surface area contributed by atoms with Gasteiger partial charge in [-0.15, -0.1) is 0 Å². The first-order valence-corrected chi connectivity index (χ1v) is 9.89. The van der Waals surface area contributed by atoms with E-state index in [2.05, 4.69) is 12.1 Å². The maximum Gasteiger partial charge on any atom is 0.139 e. The number of hydrogen-bond donors (Lipinski definition) is 6. The number of nitrogens with two attached hydrogens (primary N) is 1. The van der Waals surface area contributed by atoms with Crippen LogP contribution in [0.5, 0.6) is 5.75 Å². The van der Waals surface area contributed by atoms with Crippen molar-refractivity contribution in [2.24, 2.45) is 0 Å². The van der Waals surface area contributed by atoms with Crippen molar-refractivity contribution in [3.05, 3.63) is 58.7 Å². The van der Waals surface area contributed by atoms with E-state index in [0.717, 1.165) is 5.56 Å². The molecule has 2 fully saturated rings. The van der Waals surface area contributed by atoms with E-state index in [1.54, 1.807) is 6.07 Å². The van der Waals surface area contributed by atoms with Crippen LogP contribution in [0, 0.1) is 0 Å². The molecule has 7 nitrogen and oxygen atoms in total. The quantitative estimate of drug-likeness (QED) is 0.324. The van der Waals surface area contributed by atoms with Crippen molar-refractivity contribution in [1.82, 2.24) is 0 Å². The van der Waals surface area contributed by atoms with Gasteiger partial charge in [0.15, 0.2) is 0 Å². The van der Waals surface area contributed by atoms with Gasteiger partial charge in [0, 0.05) is 0 Å². The van der Waals surface area contributed by atoms with Gasteiger partial charge in [-0.2, -0.15) is 0 Å². The molecule has 1 unspecified atom stereocenters. The molecule has 0 bridgehead atoms. The number of aromatic hydroxyl groups is 1. The van der Waals surface area contributed by atoms with Crippen LogP contribution in [0.2, 0.25) is 0 Å². The molecule has 1 aliphatic heterocycles. The molecule has 0 aromatic heterocycles. The van der Waals surface area contributed by atoms with Crippen molar-refractivity contribution < 1.29 is 30.3 Å². The van der Waals surface area contributed by atoms with Gasteiger partial charge >= 0.3 is 0 Å². The average Bonchev–Trinajstić information content (AvgIpc) is 3.56. The molecule has 5 atom stereocenters. The summed E-state index contributed by atoms with van der Waals surface area (Å²) in [5, 5.41) is 50.1. The molecule has 0 radical (unpaired) electrons. The number of rotatable bonds is 5. The second-order valence-electron chi connectivity index (χ2n) is 8.05. The number of aliphatic hydroxyl groups excluding tert-OH is 4. The molecule has 29 heavy (non-hydrogen) atoms. The van der Waals surface area contributed by atoms with Crippen molar-refractivity contribution >= 4 is 5.69 Å². The van der Waals surface area contributed by atoms with E-state index in [4.69, 9.17) is 10.5 Å². The third-order valence-electron chi connectivity index (χ3n) is 5.91. The molecule has 7 N–H and O–H groups in total. The Labute approximate surface area is 169 Å². The monoisotopic (exact) mass is 401 g/mol. The zero-order chi connectivity index (χ0) is 20.7. The zero-order valence-corrected chi connectivity index (χ0v) is 16.0. The lowest BCUT2D eigenvalue weighted by atomic mass is 9.89. The number of benzene rings is 2. The fraction of sp³-hybridized carbons (Fsp3) is 0.455. The van der Waals surface area contributed by atoms with Gasteiger partial charge in [-0.05, 0) is 53.5 Å². The fourth-order valence-electron chi connectivity index (χ4n) is 3.95. The molecule has 4 rings (SSSR count). The highest BCUT2D eigenvalue weighted by atomic mass is 16.5. The molecule has 0 spiro atoms. The van der Waals surface area contributed by atoms with Gasteiger partial charge in [0.05, 0.1) is 12.3 Å². The Kier molecular flexibility index (Phi) is 5.50. The van der Waals surface area contributed by atoms with Gasteiger partial charge in [-0.3, -0.25) is 0 Å². The fourth-order valence-corrected chi connectivity index (χ4v) is 3.95. The second-order valence-corrected chi connectivity index (χ2v) is 8.05. The Balaban J connectivity index is 1.61. The molecule has 156 valence electrons. The first-order valence-electron chi connectivity index (χ1n) is 9.89. The Morgan fingerprint density at radius 3 is 2.24 bits per heavy atom. The molecule has 0 amide bonds. The molecule has 1 saturated carbocycles. The normalized spacial score (nSPS) is 29.7. The number of nitrogen functional groups attached to an aromatic ring is 1. The topological polar surface area (TPSA) is 136 Å². The van der Waals surface area contributed by atoms with Gasteiger partial charge in [-0.25, -0.2) is 0 Å². The SMILES string of the molecule is Nc1c(O)cc([C@@H]2O[C@H](CO)[C@@H](O)C(O)[C@H]2O)cc1Cc1ccc(C2CC2)cc1. The molecule has 2 aromatic rings. The van der Waals surface area contributed by atoms with Gasteiger partial charge < -0.3 is 36.0 Å². The standard InChI is InChI=1S/C22H27NO6/c23-18-14(7-11-1-3-12(4-2-11)13-5-6-13)8-15(9-16(18)25)22-21(28)20(27)19(26)17(10-24)29-22/h1-4,8-9,13,17,19-22,24-28H,5-7,10,23H2/t17-,19-,20?,21-,22+/m1/s1. The lowest BCUT2D eigenvalue weighted by Crippen LogP contribution is -2.55. The zero-order valence-electron chi connectivity index (χ0n) is 16.0. The largest absolute Gasteiger partial charge is 0.506 e. The third kappa shape index (κ3) is 3.97. The first kappa shape index (κ1) is 20.1. The maximum atomic E-state index is 10.4. The number of phenolic OH excluding ortho intramolecular Hbond substituents is 1. The van der Waals surface area contributed by atoms with E-state index in [-0.39, 0.29) is 11.4 Å². The molecule has 2 aliphatic rings. The van der Waals surface area contributed by atoms with Crippen LogP contribution in [0.1, 0.15) is 47.1 Å². The number of phenols is 1. The predicted molar refractivity (Wildman–Crippen MR) is 106 cm³/mol. The lowest BCUT2D eigenvalue weighted by molar-refractivity contribution is -0.231.